The molecule has 1 N–H and O–H groups in total. The summed E-state index contributed by atoms with van der Waals surface area (Å²) in [6.45, 7) is 5.35. The smallest absolute Gasteiger partial charge is 0.328 e. The molecule has 0 amide bonds. The monoisotopic (exact) mass is 253 g/mol. The van der Waals surface area contributed by atoms with Crippen molar-refractivity contribution in [3.63, 3.8) is 0 Å². The number of nitro groups is 1. The second-order valence-corrected chi connectivity index (χ2v) is 4.24. The summed E-state index contributed by atoms with van der Waals surface area (Å²) in [6.07, 6.45) is 1.12. The van der Waals surface area contributed by atoms with Crippen LogP contribution in [0, 0.1) is 10.1 Å². The van der Waals surface area contributed by atoms with E-state index in [4.69, 9.17) is 5.11 Å². The van der Waals surface area contributed by atoms with Gasteiger partial charge in [-0.3, -0.25) is 10.1 Å². The number of carboxylic acid groups (broad SMARTS) is 1. The Bertz CT molecular complexity index is 456. The predicted molar refractivity (Wildman–Crippen MR) is 65.6 cm³/mol. The molecule has 7 nitrogen and oxygen atoms in total. The van der Waals surface area contributed by atoms with Crippen LogP contribution >= 0.6 is 0 Å². The molecule has 7 heteroatoms. The lowest BCUT2D eigenvalue weighted by Crippen LogP contribution is -2.50. The third-order valence-electron chi connectivity index (χ3n) is 2.73. The van der Waals surface area contributed by atoms with Gasteiger partial charge in [-0.25, -0.2) is 9.78 Å². The van der Waals surface area contributed by atoms with E-state index in [-0.39, 0.29) is 5.69 Å². The summed E-state index contributed by atoms with van der Waals surface area (Å²) in [5.74, 6) is -0.583. The van der Waals surface area contributed by atoms with E-state index in [2.05, 4.69) is 4.98 Å². The van der Waals surface area contributed by atoms with Gasteiger partial charge < -0.3 is 10.0 Å². The van der Waals surface area contributed by atoms with E-state index < -0.39 is 16.4 Å². The van der Waals surface area contributed by atoms with Crippen LogP contribution in [0.3, 0.4) is 0 Å². The second kappa shape index (κ2) is 4.99. The maximum absolute atomic E-state index is 11.2. The Labute approximate surface area is 104 Å². The number of aromatic nitrogens is 1. The Kier molecular flexibility index (Phi) is 3.85. The number of pyridine rings is 1. The van der Waals surface area contributed by atoms with Gasteiger partial charge in [0.05, 0.1) is 4.92 Å². The van der Waals surface area contributed by atoms with Gasteiger partial charge in [-0.1, -0.05) is 0 Å². The molecule has 0 spiro atoms. The summed E-state index contributed by atoms with van der Waals surface area (Å²) in [6, 6.07) is 2.76. The molecule has 1 rings (SSSR count). The van der Waals surface area contributed by atoms with Crippen LogP contribution in [-0.2, 0) is 4.79 Å². The lowest BCUT2D eigenvalue weighted by atomic mass is 10.0. The van der Waals surface area contributed by atoms with Gasteiger partial charge in [0.15, 0.2) is 0 Å². The highest BCUT2D eigenvalue weighted by molar-refractivity contribution is 5.82. The van der Waals surface area contributed by atoms with E-state index in [1.807, 2.05) is 0 Å². The molecule has 0 fully saturated rings. The van der Waals surface area contributed by atoms with Crippen LogP contribution in [0.25, 0.3) is 0 Å². The largest absolute Gasteiger partial charge is 0.480 e. The van der Waals surface area contributed by atoms with Crippen molar-refractivity contribution >= 4 is 17.5 Å². The van der Waals surface area contributed by atoms with Gasteiger partial charge in [0.2, 0.25) is 0 Å². The van der Waals surface area contributed by atoms with Gasteiger partial charge in [-0.05, 0) is 26.8 Å². The Morgan fingerprint density at radius 1 is 1.56 bits per heavy atom. The number of hydrogen-bond acceptors (Lipinski definition) is 5. The minimum Gasteiger partial charge on any atom is -0.480 e. The molecular formula is C11H15N3O4. The SMILES string of the molecule is CCN(c1ccc([N+](=O)[O-])cn1)C(C)(C)C(=O)O. The summed E-state index contributed by atoms with van der Waals surface area (Å²) in [7, 11) is 0. The van der Waals surface area contributed by atoms with Crippen molar-refractivity contribution < 1.29 is 14.8 Å². The lowest BCUT2D eigenvalue weighted by molar-refractivity contribution is -0.385. The van der Waals surface area contributed by atoms with E-state index in [0.717, 1.165) is 6.20 Å². The molecular weight excluding hydrogens is 238 g/mol. The number of aliphatic carboxylic acids is 1. The normalized spacial score (nSPS) is 11.1. The third kappa shape index (κ3) is 2.55. The number of likely N-dealkylation sites (N-methyl/N-ethyl adjacent to an activating group) is 1. The molecule has 0 atom stereocenters. The standard InChI is InChI=1S/C11H15N3O4/c1-4-13(11(2,3)10(15)16)9-6-5-8(7-12-9)14(17)18/h5-7H,4H2,1-3H3,(H,15,16). The zero-order valence-corrected chi connectivity index (χ0v) is 10.5. The van der Waals surface area contributed by atoms with Gasteiger partial charge >= 0.3 is 5.97 Å². The lowest BCUT2D eigenvalue weighted by Gasteiger charge is -2.35. The summed E-state index contributed by atoms with van der Waals surface area (Å²) in [5.41, 5.74) is -1.25. The van der Waals surface area contributed by atoms with Crippen molar-refractivity contribution in [1.82, 2.24) is 4.98 Å². The summed E-state index contributed by atoms with van der Waals surface area (Å²) in [5, 5.41) is 19.7. The minimum absolute atomic E-state index is 0.122. The third-order valence-corrected chi connectivity index (χ3v) is 2.73. The molecule has 0 saturated heterocycles. The van der Waals surface area contributed by atoms with Crippen molar-refractivity contribution in [2.75, 3.05) is 11.4 Å². The van der Waals surface area contributed by atoms with Gasteiger partial charge in [0.1, 0.15) is 17.6 Å². The predicted octanol–water partition coefficient (Wildman–Crippen LogP) is 1.68. The average Bonchev–Trinajstić information content (AvgIpc) is 2.30. The zero-order valence-electron chi connectivity index (χ0n) is 10.5. The molecule has 0 radical (unpaired) electrons. The molecule has 1 heterocycles. The van der Waals surface area contributed by atoms with Gasteiger partial charge in [-0.2, -0.15) is 0 Å². The van der Waals surface area contributed by atoms with E-state index >= 15 is 0 Å². The first kappa shape index (κ1) is 13.9. The van der Waals surface area contributed by atoms with Crippen molar-refractivity contribution in [3.05, 3.63) is 28.4 Å². The van der Waals surface area contributed by atoms with Crippen LogP contribution < -0.4 is 4.90 Å². The van der Waals surface area contributed by atoms with Gasteiger partial charge in [-0.15, -0.1) is 0 Å². The molecule has 0 aliphatic heterocycles. The van der Waals surface area contributed by atoms with E-state index in [1.165, 1.54) is 12.1 Å². The summed E-state index contributed by atoms with van der Waals surface area (Å²) >= 11 is 0. The first-order valence-corrected chi connectivity index (χ1v) is 5.42. The number of rotatable bonds is 5. The second-order valence-electron chi connectivity index (χ2n) is 4.24. The van der Waals surface area contributed by atoms with Crippen molar-refractivity contribution in [2.45, 2.75) is 26.3 Å². The summed E-state index contributed by atoms with van der Waals surface area (Å²) in [4.78, 5) is 26.7. The van der Waals surface area contributed by atoms with E-state index in [0.29, 0.717) is 12.4 Å². The summed E-state index contributed by atoms with van der Waals surface area (Å²) < 4.78 is 0. The van der Waals surface area contributed by atoms with E-state index in [9.17, 15) is 14.9 Å². The van der Waals surface area contributed by atoms with Crippen molar-refractivity contribution in [1.29, 1.82) is 0 Å². The molecule has 1 aromatic heterocycles. The Morgan fingerprint density at radius 3 is 2.50 bits per heavy atom. The van der Waals surface area contributed by atoms with Crippen LogP contribution in [0.4, 0.5) is 11.5 Å². The van der Waals surface area contributed by atoms with Crippen LogP contribution in [0.15, 0.2) is 18.3 Å². The Morgan fingerprint density at radius 2 is 2.17 bits per heavy atom. The molecule has 1 aromatic rings. The van der Waals surface area contributed by atoms with Gasteiger partial charge in [0.25, 0.3) is 5.69 Å². The molecule has 0 bridgehead atoms. The average molecular weight is 253 g/mol. The number of anilines is 1. The number of carbonyl (C=O) groups is 1. The maximum Gasteiger partial charge on any atom is 0.328 e. The topological polar surface area (TPSA) is 96.6 Å². The highest BCUT2D eigenvalue weighted by Gasteiger charge is 2.34. The van der Waals surface area contributed by atoms with Gasteiger partial charge in [0, 0.05) is 12.6 Å². The van der Waals surface area contributed by atoms with Crippen molar-refractivity contribution in [3.8, 4) is 0 Å². The molecule has 98 valence electrons. The van der Waals surface area contributed by atoms with Crippen LogP contribution in [0.5, 0.6) is 0 Å². The maximum atomic E-state index is 11.2. The number of hydrogen-bond donors (Lipinski definition) is 1. The van der Waals surface area contributed by atoms with Crippen molar-refractivity contribution in [2.24, 2.45) is 0 Å². The molecule has 18 heavy (non-hydrogen) atoms. The molecule has 0 aromatic carbocycles. The Balaban J connectivity index is 3.10. The highest BCUT2D eigenvalue weighted by atomic mass is 16.6. The zero-order chi connectivity index (χ0) is 13.9. The minimum atomic E-state index is -1.13. The molecule has 0 unspecified atom stereocenters. The highest BCUT2D eigenvalue weighted by Crippen LogP contribution is 2.23. The van der Waals surface area contributed by atoms with E-state index in [1.54, 1.807) is 25.7 Å². The molecule has 0 aliphatic carbocycles. The fraction of sp³-hybridized carbons (Fsp3) is 0.455. The van der Waals surface area contributed by atoms with Crippen LogP contribution in [-0.4, -0.2) is 33.1 Å². The van der Waals surface area contributed by atoms with Crippen LogP contribution in [0.1, 0.15) is 20.8 Å². The number of nitrogens with zero attached hydrogens (tertiary/aromatic N) is 3. The Hall–Kier alpha value is -2.18. The van der Waals surface area contributed by atoms with Crippen LogP contribution in [0.2, 0.25) is 0 Å². The first-order chi connectivity index (χ1) is 8.30. The molecule has 0 aliphatic rings. The quantitative estimate of drug-likeness (QED) is 0.633. The fourth-order valence-electron chi connectivity index (χ4n) is 1.61. The number of carboxylic acids is 1. The molecule has 0 saturated carbocycles. The first-order valence-electron chi connectivity index (χ1n) is 5.42. The fourth-order valence-corrected chi connectivity index (χ4v) is 1.61.